The van der Waals surface area contributed by atoms with E-state index in [0.29, 0.717) is 23.9 Å². The fourth-order valence-electron chi connectivity index (χ4n) is 10.4. The molecule has 1 N–H and O–H groups in total. The Balaban J connectivity index is 4.01. The summed E-state index contributed by atoms with van der Waals surface area (Å²) in [6, 6.07) is 0. The van der Waals surface area contributed by atoms with Crippen LogP contribution in [0, 0.1) is 0 Å². The summed E-state index contributed by atoms with van der Waals surface area (Å²) in [5, 5.41) is 0. The van der Waals surface area contributed by atoms with Crippen LogP contribution in [0.15, 0.2) is 60.8 Å². The van der Waals surface area contributed by atoms with Crippen molar-refractivity contribution in [3.05, 3.63) is 60.8 Å². The lowest BCUT2D eigenvalue weighted by Crippen LogP contribution is -2.37. The molecule has 0 aromatic carbocycles. The van der Waals surface area contributed by atoms with Gasteiger partial charge in [0, 0.05) is 12.8 Å². The average Bonchev–Trinajstić information content (AvgIpc) is 3.49. The average molecular weight is 1190 g/mol. The number of hydrogen-bond donors (Lipinski definition) is 1. The van der Waals surface area contributed by atoms with Crippen LogP contribution < -0.4 is 0 Å². The van der Waals surface area contributed by atoms with Crippen LogP contribution in [0.3, 0.4) is 0 Å². The number of hydrogen-bond acceptors (Lipinski definition) is 7. The van der Waals surface area contributed by atoms with Gasteiger partial charge in [0.25, 0.3) is 0 Å². The number of allylic oxidation sites excluding steroid dienone is 10. The summed E-state index contributed by atoms with van der Waals surface area (Å²) in [4.78, 5) is 35.9. The molecule has 0 bridgehead atoms. The molecule has 0 fully saturated rings. The lowest BCUT2D eigenvalue weighted by atomic mass is 10.0. The van der Waals surface area contributed by atoms with Crippen molar-refractivity contribution < 1.29 is 42.1 Å². The molecule has 486 valence electrons. The van der Waals surface area contributed by atoms with Crippen molar-refractivity contribution >= 4 is 19.8 Å². The van der Waals surface area contributed by atoms with Gasteiger partial charge in [-0.2, -0.15) is 0 Å². The zero-order valence-electron chi connectivity index (χ0n) is 55.4. The third-order valence-electron chi connectivity index (χ3n) is 15.8. The number of phosphoric acid groups is 1. The van der Waals surface area contributed by atoms with Crippen LogP contribution in [-0.2, 0) is 32.7 Å². The fourth-order valence-corrected chi connectivity index (χ4v) is 11.1. The van der Waals surface area contributed by atoms with Crippen molar-refractivity contribution in [3.63, 3.8) is 0 Å². The predicted octanol–water partition coefficient (Wildman–Crippen LogP) is 23.0. The quantitative estimate of drug-likeness (QED) is 0.0211. The van der Waals surface area contributed by atoms with Crippen LogP contribution in [0.25, 0.3) is 0 Å². The normalized spacial score (nSPS) is 13.5. The second-order valence-electron chi connectivity index (χ2n) is 25.3. The van der Waals surface area contributed by atoms with Crippen LogP contribution in [0.1, 0.15) is 341 Å². The van der Waals surface area contributed by atoms with E-state index in [0.717, 1.165) is 64.2 Å². The number of carbonyl (C=O) groups excluding carboxylic acids is 2. The van der Waals surface area contributed by atoms with Crippen LogP contribution in [0.4, 0.5) is 0 Å². The lowest BCUT2D eigenvalue weighted by molar-refractivity contribution is -0.870. The number of likely N-dealkylation sites (N-methyl/N-ethyl adjacent to an activating group) is 1. The first-order valence-electron chi connectivity index (χ1n) is 35.5. The third-order valence-corrected chi connectivity index (χ3v) is 16.8. The maximum absolute atomic E-state index is 12.9. The summed E-state index contributed by atoms with van der Waals surface area (Å²) < 4.78 is 34.8. The number of rotatable bonds is 66. The molecule has 0 rings (SSSR count). The van der Waals surface area contributed by atoms with Gasteiger partial charge in [0.2, 0.25) is 0 Å². The van der Waals surface area contributed by atoms with Gasteiger partial charge in [0.05, 0.1) is 27.7 Å². The van der Waals surface area contributed by atoms with Gasteiger partial charge in [0.15, 0.2) is 6.10 Å². The van der Waals surface area contributed by atoms with E-state index in [-0.39, 0.29) is 25.6 Å². The Morgan fingerprint density at radius 2 is 0.687 bits per heavy atom. The lowest BCUT2D eigenvalue weighted by Gasteiger charge is -2.24. The van der Waals surface area contributed by atoms with Crippen molar-refractivity contribution in [2.24, 2.45) is 0 Å². The van der Waals surface area contributed by atoms with Crippen LogP contribution in [0.5, 0.6) is 0 Å². The van der Waals surface area contributed by atoms with E-state index in [2.05, 4.69) is 74.6 Å². The largest absolute Gasteiger partial charge is 0.472 e. The van der Waals surface area contributed by atoms with E-state index in [1.165, 1.54) is 244 Å². The minimum Gasteiger partial charge on any atom is -0.462 e. The van der Waals surface area contributed by atoms with Gasteiger partial charge in [-0.05, 0) is 57.8 Å². The SMILES string of the molecule is CC/C=C\C/C=C\C/C=C\C/C=C\C/C=C\CCCCCCCCCCCCCCCCCC(=O)OC(COC(=O)CCCCCCCCCCCCCCCCCCCCCCCCCCCCCC)COP(=O)(O)OCC[N+](C)(C)C. The zero-order chi connectivity index (χ0) is 60.5. The van der Waals surface area contributed by atoms with E-state index in [4.69, 9.17) is 18.5 Å². The van der Waals surface area contributed by atoms with Gasteiger partial charge in [-0.1, -0.05) is 331 Å². The standard InChI is InChI=1S/C73H136NO8P/c1-6-8-10-12-14-16-18-20-22-24-26-28-30-32-34-36-37-38-40-42-44-46-48-50-52-54-56-58-60-62-64-66-73(76)82-71(70-81-83(77,78)80-68-67-74(3,4)5)69-79-72(75)65-63-61-59-57-55-53-51-49-47-45-43-41-39-35-33-31-29-27-25-23-21-19-17-15-13-11-9-7-2/h8,10,14,16,20,22,26,28,32,34,71H,6-7,9,11-13,15,17-19,21,23-25,27,29-31,33,35-70H2,1-5H3/p+1/b10-8-,16-14-,22-20-,28-26-,34-32-. The van der Waals surface area contributed by atoms with Gasteiger partial charge >= 0.3 is 19.8 Å². The maximum Gasteiger partial charge on any atom is 0.472 e. The van der Waals surface area contributed by atoms with Gasteiger partial charge in [0.1, 0.15) is 19.8 Å². The Hall–Kier alpha value is -2.29. The first-order valence-corrected chi connectivity index (χ1v) is 37.0. The molecule has 0 radical (unpaired) electrons. The van der Waals surface area contributed by atoms with Crippen molar-refractivity contribution in [3.8, 4) is 0 Å². The number of phosphoric ester groups is 1. The molecule has 0 amide bonds. The molecule has 2 unspecified atom stereocenters. The molecule has 0 heterocycles. The predicted molar refractivity (Wildman–Crippen MR) is 358 cm³/mol. The molecule has 0 spiro atoms. The van der Waals surface area contributed by atoms with E-state index in [9.17, 15) is 19.0 Å². The van der Waals surface area contributed by atoms with E-state index in [1.54, 1.807) is 0 Å². The summed E-state index contributed by atoms with van der Waals surface area (Å²) in [7, 11) is 1.49. The van der Waals surface area contributed by atoms with Gasteiger partial charge in [-0.15, -0.1) is 0 Å². The Bertz CT molecular complexity index is 1580. The Kier molecular flexibility index (Phi) is 62.4. The minimum absolute atomic E-state index is 0.0328. The van der Waals surface area contributed by atoms with Crippen molar-refractivity contribution in [2.45, 2.75) is 347 Å². The molecule has 0 saturated heterocycles. The maximum atomic E-state index is 12.9. The first-order chi connectivity index (χ1) is 40.5. The summed E-state index contributed by atoms with van der Waals surface area (Å²) in [6.45, 7) is 4.38. The number of quaternary nitrogens is 1. The topological polar surface area (TPSA) is 108 Å². The van der Waals surface area contributed by atoms with Crippen LogP contribution in [0.2, 0.25) is 0 Å². The third kappa shape index (κ3) is 68.7. The summed E-state index contributed by atoms with van der Waals surface area (Å²) in [6.07, 6.45) is 84.7. The fraction of sp³-hybridized carbons (Fsp3) is 0.836. The molecule has 0 aliphatic rings. The smallest absolute Gasteiger partial charge is 0.462 e. The molecule has 0 aromatic rings. The molecule has 0 saturated carbocycles. The number of ether oxygens (including phenoxy) is 2. The van der Waals surface area contributed by atoms with E-state index < -0.39 is 26.5 Å². The van der Waals surface area contributed by atoms with E-state index in [1.807, 2.05) is 21.1 Å². The van der Waals surface area contributed by atoms with Crippen LogP contribution in [-0.4, -0.2) is 74.9 Å². The molecule has 0 aliphatic carbocycles. The Morgan fingerprint density at radius 1 is 0.386 bits per heavy atom. The van der Waals surface area contributed by atoms with Crippen molar-refractivity contribution in [1.82, 2.24) is 0 Å². The van der Waals surface area contributed by atoms with Gasteiger partial charge < -0.3 is 18.9 Å². The Morgan fingerprint density at radius 3 is 1.02 bits per heavy atom. The Labute approximate surface area is 515 Å². The highest BCUT2D eigenvalue weighted by atomic mass is 31.2. The monoisotopic (exact) mass is 1190 g/mol. The summed E-state index contributed by atoms with van der Waals surface area (Å²) in [5.74, 6) is -0.780. The molecule has 83 heavy (non-hydrogen) atoms. The second kappa shape index (κ2) is 64.2. The number of esters is 2. The van der Waals surface area contributed by atoms with Gasteiger partial charge in [-0.25, -0.2) is 4.57 Å². The number of carbonyl (C=O) groups is 2. The molecule has 0 aromatic heterocycles. The highest BCUT2D eigenvalue weighted by Gasteiger charge is 2.27. The molecule has 10 heteroatoms. The second-order valence-corrected chi connectivity index (χ2v) is 26.7. The summed E-state index contributed by atoms with van der Waals surface area (Å²) in [5.41, 5.74) is 0. The molecule has 0 aliphatic heterocycles. The van der Waals surface area contributed by atoms with Crippen molar-refractivity contribution in [1.29, 1.82) is 0 Å². The van der Waals surface area contributed by atoms with Gasteiger partial charge in [-0.3, -0.25) is 18.6 Å². The van der Waals surface area contributed by atoms with Crippen LogP contribution >= 0.6 is 7.82 Å². The first kappa shape index (κ1) is 80.7. The minimum atomic E-state index is -4.39. The molecular weight excluding hydrogens is 1050 g/mol. The number of nitrogens with zero attached hydrogens (tertiary/aromatic N) is 1. The molecule has 9 nitrogen and oxygen atoms in total. The molecular formula is C73H137NO8P+. The number of unbranched alkanes of at least 4 members (excludes halogenated alkanes) is 42. The zero-order valence-corrected chi connectivity index (χ0v) is 56.3. The molecule has 2 atom stereocenters. The van der Waals surface area contributed by atoms with E-state index >= 15 is 0 Å². The highest BCUT2D eigenvalue weighted by Crippen LogP contribution is 2.43. The highest BCUT2D eigenvalue weighted by molar-refractivity contribution is 7.47. The van der Waals surface area contributed by atoms with Crippen molar-refractivity contribution in [2.75, 3.05) is 47.5 Å². The summed E-state index contributed by atoms with van der Waals surface area (Å²) >= 11 is 0.